The second-order valence-electron chi connectivity index (χ2n) is 7.30. The summed E-state index contributed by atoms with van der Waals surface area (Å²) in [5, 5.41) is 19.9. The van der Waals surface area contributed by atoms with Gasteiger partial charge < -0.3 is 10.6 Å². The van der Waals surface area contributed by atoms with Gasteiger partial charge >= 0.3 is 5.91 Å². The second kappa shape index (κ2) is 10.9. The molecule has 0 saturated heterocycles. The molecule has 0 radical (unpaired) electrons. The SMILES string of the molecule is CN/C(=N/C#N)NCCCC1(c2ccccc2)SC(c2cc(F)ccc2F)=NN1C(=O)C(C)=O. The Labute approximate surface area is 199 Å². The fourth-order valence-electron chi connectivity index (χ4n) is 3.47. The summed E-state index contributed by atoms with van der Waals surface area (Å²) in [6.07, 6.45) is 2.46. The molecule has 3 rings (SSSR count). The number of nitriles is 1. The number of halogens is 2. The van der Waals surface area contributed by atoms with Crippen LogP contribution in [-0.4, -0.2) is 41.3 Å². The van der Waals surface area contributed by atoms with Crippen LogP contribution < -0.4 is 10.6 Å². The van der Waals surface area contributed by atoms with E-state index in [4.69, 9.17) is 5.26 Å². The number of benzene rings is 2. The quantitative estimate of drug-likeness (QED) is 0.206. The Kier molecular flexibility index (Phi) is 7.96. The van der Waals surface area contributed by atoms with Crippen molar-refractivity contribution >= 4 is 34.5 Å². The zero-order valence-corrected chi connectivity index (χ0v) is 19.3. The van der Waals surface area contributed by atoms with Gasteiger partial charge in [-0.15, -0.1) is 4.99 Å². The van der Waals surface area contributed by atoms with Crippen LogP contribution in [0.25, 0.3) is 0 Å². The van der Waals surface area contributed by atoms with Crippen LogP contribution in [-0.2, 0) is 14.5 Å². The molecular weight excluding hydrogens is 462 g/mol. The fraction of sp³-hybridized carbons (Fsp3) is 0.261. The topological polar surface area (TPSA) is 110 Å². The van der Waals surface area contributed by atoms with Gasteiger partial charge in [0.25, 0.3) is 0 Å². The molecule has 0 saturated carbocycles. The van der Waals surface area contributed by atoms with Gasteiger partial charge in [0, 0.05) is 26.1 Å². The molecule has 0 fully saturated rings. The van der Waals surface area contributed by atoms with E-state index in [9.17, 15) is 18.4 Å². The van der Waals surface area contributed by atoms with Crippen LogP contribution in [0.15, 0.2) is 58.6 Å². The fourth-order valence-corrected chi connectivity index (χ4v) is 4.89. The molecule has 0 aromatic heterocycles. The predicted molar refractivity (Wildman–Crippen MR) is 125 cm³/mol. The van der Waals surface area contributed by atoms with Gasteiger partial charge in [0.05, 0.1) is 0 Å². The lowest BCUT2D eigenvalue weighted by atomic mass is 10.00. The Morgan fingerprint density at radius 2 is 1.97 bits per heavy atom. The van der Waals surface area contributed by atoms with E-state index in [1.54, 1.807) is 43.6 Å². The summed E-state index contributed by atoms with van der Waals surface area (Å²) >= 11 is 1.09. The largest absolute Gasteiger partial charge is 0.359 e. The number of rotatable bonds is 7. The number of nitrogens with one attached hydrogen (secondary N) is 2. The van der Waals surface area contributed by atoms with Crippen LogP contribution >= 0.6 is 11.8 Å². The molecule has 8 nitrogen and oxygen atoms in total. The molecule has 1 unspecified atom stereocenters. The van der Waals surface area contributed by atoms with E-state index in [-0.39, 0.29) is 16.6 Å². The molecule has 0 spiro atoms. The Morgan fingerprint density at radius 1 is 1.24 bits per heavy atom. The maximum absolute atomic E-state index is 14.6. The summed E-state index contributed by atoms with van der Waals surface area (Å²) in [6.45, 7) is 1.51. The normalized spacial score (nSPS) is 17.7. The summed E-state index contributed by atoms with van der Waals surface area (Å²) in [6, 6.07) is 12.0. The molecule has 176 valence electrons. The number of amides is 1. The monoisotopic (exact) mass is 484 g/mol. The van der Waals surface area contributed by atoms with Crippen LogP contribution in [0.5, 0.6) is 0 Å². The number of thioether (sulfide) groups is 1. The van der Waals surface area contributed by atoms with E-state index < -0.39 is 28.2 Å². The lowest BCUT2D eigenvalue weighted by molar-refractivity contribution is -0.146. The van der Waals surface area contributed by atoms with Gasteiger partial charge in [-0.25, -0.2) is 13.8 Å². The molecular formula is C23H22F2N6O2S. The molecule has 0 bridgehead atoms. The number of guanidine groups is 1. The van der Waals surface area contributed by atoms with Crippen molar-refractivity contribution in [3.63, 3.8) is 0 Å². The van der Waals surface area contributed by atoms with Crippen molar-refractivity contribution in [2.75, 3.05) is 13.6 Å². The number of Topliss-reactive ketones (excluding diaryl/α,β-unsaturated/α-hetero) is 1. The molecule has 2 N–H and O–H groups in total. The van der Waals surface area contributed by atoms with E-state index in [0.29, 0.717) is 24.9 Å². The minimum Gasteiger partial charge on any atom is -0.359 e. The highest BCUT2D eigenvalue weighted by molar-refractivity contribution is 8.15. The zero-order chi connectivity index (χ0) is 24.7. The first-order chi connectivity index (χ1) is 16.3. The molecule has 1 aliphatic rings. The maximum Gasteiger partial charge on any atom is 0.311 e. The number of carbonyl (C=O) groups is 2. The Bertz CT molecular complexity index is 1180. The lowest BCUT2D eigenvalue weighted by Crippen LogP contribution is -2.44. The molecule has 1 atom stereocenters. The third kappa shape index (κ3) is 5.23. The summed E-state index contributed by atoms with van der Waals surface area (Å²) < 4.78 is 28.5. The van der Waals surface area contributed by atoms with Crippen LogP contribution in [0, 0.1) is 23.1 Å². The summed E-state index contributed by atoms with van der Waals surface area (Å²) in [7, 11) is 1.61. The van der Waals surface area contributed by atoms with Gasteiger partial charge in [0.2, 0.25) is 17.9 Å². The average molecular weight is 485 g/mol. The van der Waals surface area contributed by atoms with E-state index in [0.717, 1.165) is 41.9 Å². The van der Waals surface area contributed by atoms with Gasteiger partial charge in [-0.2, -0.15) is 10.4 Å². The highest BCUT2D eigenvalue weighted by Gasteiger charge is 2.49. The van der Waals surface area contributed by atoms with Gasteiger partial charge in [0.1, 0.15) is 21.5 Å². The average Bonchev–Trinajstić information content (AvgIpc) is 3.23. The Morgan fingerprint density at radius 3 is 2.62 bits per heavy atom. The number of nitrogens with zero attached hydrogens (tertiary/aromatic N) is 4. The van der Waals surface area contributed by atoms with Crippen LogP contribution in [0.3, 0.4) is 0 Å². The van der Waals surface area contributed by atoms with Gasteiger partial charge in [0.15, 0.2) is 0 Å². The number of hydrazone groups is 1. The molecule has 1 heterocycles. The summed E-state index contributed by atoms with van der Waals surface area (Å²) in [5.74, 6) is -2.66. The third-order valence-electron chi connectivity index (χ3n) is 5.06. The van der Waals surface area contributed by atoms with Crippen molar-refractivity contribution in [2.45, 2.75) is 24.6 Å². The minimum atomic E-state index is -1.17. The number of ketones is 1. The van der Waals surface area contributed by atoms with Crippen LogP contribution in [0.1, 0.15) is 30.9 Å². The first-order valence-electron chi connectivity index (χ1n) is 10.3. The highest BCUT2D eigenvalue weighted by Crippen LogP contribution is 2.50. The van der Waals surface area contributed by atoms with Crippen molar-refractivity contribution in [1.29, 1.82) is 5.26 Å². The first-order valence-corrected chi connectivity index (χ1v) is 11.2. The highest BCUT2D eigenvalue weighted by atomic mass is 32.2. The molecule has 0 aliphatic carbocycles. The summed E-state index contributed by atoms with van der Waals surface area (Å²) in [4.78, 5) is 27.5. The van der Waals surface area contributed by atoms with Crippen molar-refractivity contribution in [2.24, 2.45) is 10.1 Å². The lowest BCUT2D eigenvalue weighted by Gasteiger charge is -2.35. The first kappa shape index (κ1) is 24.9. The van der Waals surface area contributed by atoms with Gasteiger partial charge in [-0.1, -0.05) is 42.1 Å². The molecule has 2 aromatic rings. The third-order valence-corrected chi connectivity index (χ3v) is 6.50. The molecule has 11 heteroatoms. The van der Waals surface area contributed by atoms with E-state index in [1.165, 1.54) is 0 Å². The standard InChI is InChI=1S/C23H22F2N6O2S/c1-15(32)21(33)31-23(16-7-4-3-5-8-16,11-6-12-28-22(27-2)29-14-26)34-20(30-31)18-13-17(24)9-10-19(18)25/h3-5,7-10,13H,6,11-12H2,1-2H3,(H2,27,28,29). The molecule has 1 aliphatic heterocycles. The number of aliphatic imine (C=N–C) groups is 1. The molecule has 1 amide bonds. The predicted octanol–water partition coefficient (Wildman–Crippen LogP) is 3.07. The van der Waals surface area contributed by atoms with Crippen LogP contribution in [0.4, 0.5) is 8.78 Å². The smallest absolute Gasteiger partial charge is 0.311 e. The Balaban J connectivity index is 2.01. The van der Waals surface area contributed by atoms with Crippen molar-refractivity contribution in [1.82, 2.24) is 15.6 Å². The second-order valence-corrected chi connectivity index (χ2v) is 8.56. The number of hydrogen-bond donors (Lipinski definition) is 2. The van der Waals surface area contributed by atoms with Crippen molar-refractivity contribution in [3.8, 4) is 6.19 Å². The van der Waals surface area contributed by atoms with E-state index in [2.05, 4.69) is 20.7 Å². The van der Waals surface area contributed by atoms with Crippen molar-refractivity contribution in [3.05, 3.63) is 71.3 Å². The number of carbonyl (C=O) groups excluding carboxylic acids is 2. The van der Waals surface area contributed by atoms with Crippen molar-refractivity contribution < 1.29 is 18.4 Å². The maximum atomic E-state index is 14.6. The van der Waals surface area contributed by atoms with Gasteiger partial charge in [-0.3, -0.25) is 9.59 Å². The number of hydrogen-bond acceptors (Lipinski definition) is 6. The summed E-state index contributed by atoms with van der Waals surface area (Å²) in [5.41, 5.74) is 0.575. The molecule has 2 aromatic carbocycles. The minimum absolute atomic E-state index is 0.0883. The van der Waals surface area contributed by atoms with Gasteiger partial charge in [-0.05, 0) is 36.6 Å². The Hall–Kier alpha value is -3.78. The molecule has 34 heavy (non-hydrogen) atoms. The van der Waals surface area contributed by atoms with E-state index in [1.807, 2.05) is 0 Å². The zero-order valence-electron chi connectivity index (χ0n) is 18.5. The van der Waals surface area contributed by atoms with Crippen LogP contribution in [0.2, 0.25) is 0 Å². The van der Waals surface area contributed by atoms with E-state index >= 15 is 0 Å².